The number of piperazine rings is 1. The molecule has 3 fully saturated rings. The van der Waals surface area contributed by atoms with Crippen LogP contribution >= 0.6 is 0 Å². The first-order valence-electron chi connectivity index (χ1n) is 14.3. The molecule has 3 aliphatic rings. The summed E-state index contributed by atoms with van der Waals surface area (Å²) in [4.78, 5) is 40.9. The van der Waals surface area contributed by atoms with E-state index in [1.165, 1.54) is 9.21 Å². The van der Waals surface area contributed by atoms with Crippen molar-refractivity contribution in [1.82, 2.24) is 14.5 Å². The molecule has 40 heavy (non-hydrogen) atoms. The Morgan fingerprint density at radius 2 is 1.82 bits per heavy atom. The fourth-order valence-electron chi connectivity index (χ4n) is 6.09. The van der Waals surface area contributed by atoms with Crippen LogP contribution in [0.3, 0.4) is 0 Å². The minimum Gasteiger partial charge on any atom is -0.464 e. The molecule has 1 aliphatic carbocycles. The maximum Gasteiger partial charge on any atom is 0.337 e. The Bertz CT molecular complexity index is 1140. The number of esters is 1. The molecule has 12 heteroatoms. The summed E-state index contributed by atoms with van der Waals surface area (Å²) in [5.74, 6) is -2.00. The van der Waals surface area contributed by atoms with Crippen LogP contribution < -0.4 is 11.1 Å². The molecule has 2 amide bonds. The number of ether oxygens (including phenoxy) is 1. The molecule has 0 spiro atoms. The molecular formula is C28H42N4O7S. The molecule has 4 N–H and O–H groups in total. The maximum absolute atomic E-state index is 13.5. The number of hydrogen-bond donors (Lipinski definition) is 3. The van der Waals surface area contributed by atoms with Crippen molar-refractivity contribution >= 4 is 27.8 Å². The molecule has 0 bridgehead atoms. The fraction of sp³-hybridized carbons (Fsp3) is 0.679. The third kappa shape index (κ3) is 7.20. The third-order valence-electron chi connectivity index (χ3n) is 8.36. The minimum atomic E-state index is -3.72. The van der Waals surface area contributed by atoms with E-state index in [0.29, 0.717) is 37.7 Å². The molecule has 4 rings (SSSR count). The van der Waals surface area contributed by atoms with E-state index in [-0.39, 0.29) is 37.4 Å². The van der Waals surface area contributed by atoms with Gasteiger partial charge in [0.25, 0.3) is 0 Å². The highest BCUT2D eigenvalue weighted by Crippen LogP contribution is 2.32. The molecule has 2 aliphatic heterocycles. The van der Waals surface area contributed by atoms with Crippen molar-refractivity contribution in [2.24, 2.45) is 11.7 Å². The summed E-state index contributed by atoms with van der Waals surface area (Å²) in [6.45, 7) is 1.96. The standard InChI is InChI=1S/C28H42N4O7S/c1-2-3-15-39-28(36)26(34)25(20-9-11-21(29)12-10-20)30-27(35)23-14-13-22-16-31(17-24(33)32(22)23)40(37,38)18-19-7-5-4-6-8-19/h4-8,20-23,25-26,34H,2-3,9-18,29H2,1H3,(H,30,35)/t20?,21?,22-,23-,25-,26-/m0/s1. The van der Waals surface area contributed by atoms with Crippen molar-refractivity contribution in [3.8, 4) is 0 Å². The second-order valence-corrected chi connectivity index (χ2v) is 13.2. The molecule has 1 aromatic rings. The van der Waals surface area contributed by atoms with Crippen molar-refractivity contribution in [2.45, 2.75) is 94.3 Å². The number of sulfonamides is 1. The van der Waals surface area contributed by atoms with Gasteiger partial charge in [0.2, 0.25) is 21.8 Å². The number of amides is 2. The molecule has 222 valence electrons. The zero-order valence-corrected chi connectivity index (χ0v) is 23.9. The number of hydrogen-bond acceptors (Lipinski definition) is 8. The van der Waals surface area contributed by atoms with E-state index in [0.717, 1.165) is 19.3 Å². The maximum atomic E-state index is 13.5. The number of nitrogens with two attached hydrogens (primary N) is 1. The summed E-state index contributed by atoms with van der Waals surface area (Å²) in [5.41, 5.74) is 6.70. The molecule has 4 atom stereocenters. The van der Waals surface area contributed by atoms with Gasteiger partial charge < -0.3 is 25.8 Å². The topological polar surface area (TPSA) is 159 Å². The monoisotopic (exact) mass is 578 g/mol. The van der Waals surface area contributed by atoms with E-state index in [2.05, 4.69) is 5.32 Å². The van der Waals surface area contributed by atoms with Crippen LogP contribution in [0.4, 0.5) is 0 Å². The number of nitrogens with one attached hydrogen (secondary N) is 1. The highest BCUT2D eigenvalue weighted by molar-refractivity contribution is 7.88. The Hall–Kier alpha value is -2.54. The van der Waals surface area contributed by atoms with Crippen molar-refractivity contribution in [1.29, 1.82) is 0 Å². The molecule has 1 aromatic carbocycles. The van der Waals surface area contributed by atoms with Crippen LogP contribution in [0, 0.1) is 5.92 Å². The van der Waals surface area contributed by atoms with Gasteiger partial charge in [-0.3, -0.25) is 9.59 Å². The number of benzene rings is 1. The number of fused-ring (bicyclic) bond motifs is 1. The number of nitrogens with zero attached hydrogens (tertiary/aromatic N) is 2. The molecule has 0 radical (unpaired) electrons. The van der Waals surface area contributed by atoms with Gasteiger partial charge in [-0.05, 0) is 56.4 Å². The zero-order chi connectivity index (χ0) is 28.9. The summed E-state index contributed by atoms with van der Waals surface area (Å²) in [5, 5.41) is 13.8. The van der Waals surface area contributed by atoms with Crippen molar-refractivity contribution < 1.29 is 32.6 Å². The van der Waals surface area contributed by atoms with Gasteiger partial charge in [0.15, 0.2) is 6.10 Å². The van der Waals surface area contributed by atoms with Gasteiger partial charge in [0.05, 0.1) is 24.9 Å². The summed E-state index contributed by atoms with van der Waals surface area (Å²) in [6, 6.07) is 6.77. The van der Waals surface area contributed by atoms with Crippen LogP contribution in [0.25, 0.3) is 0 Å². The van der Waals surface area contributed by atoms with E-state index >= 15 is 0 Å². The summed E-state index contributed by atoms with van der Waals surface area (Å²) in [6.07, 6.45) is 3.56. The van der Waals surface area contributed by atoms with Gasteiger partial charge in [-0.25, -0.2) is 13.2 Å². The van der Waals surface area contributed by atoms with Crippen LogP contribution in [0.1, 0.15) is 63.9 Å². The third-order valence-corrected chi connectivity index (χ3v) is 10.1. The van der Waals surface area contributed by atoms with Gasteiger partial charge in [-0.2, -0.15) is 4.31 Å². The highest BCUT2D eigenvalue weighted by atomic mass is 32.2. The van der Waals surface area contributed by atoms with Gasteiger partial charge in [-0.1, -0.05) is 43.7 Å². The van der Waals surface area contributed by atoms with Crippen molar-refractivity contribution in [3.05, 3.63) is 35.9 Å². The Labute approximate surface area is 236 Å². The Morgan fingerprint density at radius 3 is 2.50 bits per heavy atom. The second kappa shape index (κ2) is 13.4. The normalized spacial score (nSPS) is 27.1. The number of unbranched alkanes of at least 4 members (excludes halogenated alkanes) is 1. The van der Waals surface area contributed by atoms with E-state index in [1.54, 1.807) is 24.3 Å². The average molecular weight is 579 g/mol. The van der Waals surface area contributed by atoms with Crippen LogP contribution in [-0.2, 0) is 34.9 Å². The van der Waals surface area contributed by atoms with Crippen LogP contribution in [0.15, 0.2) is 30.3 Å². The predicted octanol–water partition coefficient (Wildman–Crippen LogP) is 0.898. The smallest absolute Gasteiger partial charge is 0.337 e. The molecule has 11 nitrogen and oxygen atoms in total. The SMILES string of the molecule is CCCCOC(=O)[C@@H](O)[C@@H](NC(=O)[C@@H]1CC[C@H]2CN(S(=O)(=O)Cc3ccccc3)CC(=O)N21)C1CCC(N)CC1. The van der Waals surface area contributed by atoms with Crippen LogP contribution in [-0.4, -0.2) is 90.5 Å². The first kappa shape index (κ1) is 30.4. The molecular weight excluding hydrogens is 536 g/mol. The lowest BCUT2D eigenvalue weighted by Gasteiger charge is -2.40. The van der Waals surface area contributed by atoms with Gasteiger partial charge in [0, 0.05) is 18.6 Å². The average Bonchev–Trinajstić information content (AvgIpc) is 3.37. The lowest BCUT2D eigenvalue weighted by Crippen LogP contribution is -2.61. The zero-order valence-electron chi connectivity index (χ0n) is 23.1. The molecule has 2 saturated heterocycles. The Morgan fingerprint density at radius 1 is 1.12 bits per heavy atom. The second-order valence-electron chi connectivity index (χ2n) is 11.3. The largest absolute Gasteiger partial charge is 0.464 e. The summed E-state index contributed by atoms with van der Waals surface area (Å²) in [7, 11) is -3.72. The number of carbonyl (C=O) groups excluding carboxylic acids is 3. The quantitative estimate of drug-likeness (QED) is 0.258. The van der Waals surface area contributed by atoms with E-state index in [1.807, 2.05) is 13.0 Å². The van der Waals surface area contributed by atoms with Gasteiger partial charge in [0.1, 0.15) is 6.04 Å². The first-order chi connectivity index (χ1) is 19.1. The minimum absolute atomic E-state index is 0.0453. The predicted molar refractivity (Wildman–Crippen MR) is 148 cm³/mol. The van der Waals surface area contributed by atoms with Crippen molar-refractivity contribution in [2.75, 3.05) is 19.7 Å². The van der Waals surface area contributed by atoms with E-state index in [9.17, 15) is 27.9 Å². The number of aliphatic hydroxyl groups excluding tert-OH is 1. The van der Waals surface area contributed by atoms with Gasteiger partial charge >= 0.3 is 5.97 Å². The first-order valence-corrected chi connectivity index (χ1v) is 15.9. The fourth-order valence-corrected chi connectivity index (χ4v) is 7.59. The van der Waals surface area contributed by atoms with E-state index in [4.69, 9.17) is 10.5 Å². The number of rotatable bonds is 11. The van der Waals surface area contributed by atoms with Crippen LogP contribution in [0.2, 0.25) is 0 Å². The number of carbonyl (C=O) groups is 3. The Kier molecular flexibility index (Phi) is 10.2. The Balaban J connectivity index is 1.43. The molecule has 0 aromatic heterocycles. The number of aliphatic hydroxyl groups is 1. The van der Waals surface area contributed by atoms with E-state index < -0.39 is 52.0 Å². The highest BCUT2D eigenvalue weighted by Gasteiger charge is 2.48. The van der Waals surface area contributed by atoms with Crippen LogP contribution in [0.5, 0.6) is 0 Å². The van der Waals surface area contributed by atoms with Gasteiger partial charge in [-0.15, -0.1) is 0 Å². The lowest BCUT2D eigenvalue weighted by molar-refractivity contribution is -0.157. The van der Waals surface area contributed by atoms with Crippen molar-refractivity contribution in [3.63, 3.8) is 0 Å². The summed E-state index contributed by atoms with van der Waals surface area (Å²) < 4.78 is 32.6. The summed E-state index contributed by atoms with van der Waals surface area (Å²) >= 11 is 0. The molecule has 2 heterocycles. The molecule has 1 saturated carbocycles. The lowest BCUT2D eigenvalue weighted by atomic mass is 9.79. The molecule has 0 unspecified atom stereocenters.